The summed E-state index contributed by atoms with van der Waals surface area (Å²) < 4.78 is 7.44. The van der Waals surface area contributed by atoms with E-state index >= 15 is 0 Å². The van der Waals surface area contributed by atoms with Crippen molar-refractivity contribution in [3.05, 3.63) is 29.8 Å². The second kappa shape index (κ2) is 8.94. The van der Waals surface area contributed by atoms with Gasteiger partial charge in [-0.05, 0) is 60.7 Å². The fourth-order valence-corrected chi connectivity index (χ4v) is 5.06. The highest BCUT2D eigenvalue weighted by atomic mass is 32.2. The molecule has 0 radical (unpaired) electrons. The van der Waals surface area contributed by atoms with E-state index in [0.717, 1.165) is 43.1 Å². The lowest BCUT2D eigenvalue weighted by Gasteiger charge is -2.25. The molecule has 1 aromatic heterocycles. The molecule has 150 valence electrons. The minimum atomic E-state index is 0.148. The predicted molar refractivity (Wildman–Crippen MR) is 107 cm³/mol. The van der Waals surface area contributed by atoms with Gasteiger partial charge >= 0.3 is 0 Å². The average Bonchev–Trinajstić information content (AvgIpc) is 3.48. The molecule has 2 aliphatic rings. The second-order valence-corrected chi connectivity index (χ2v) is 8.32. The summed E-state index contributed by atoms with van der Waals surface area (Å²) in [6.45, 7) is 3.45. The number of thioether (sulfide) groups is 1. The predicted octanol–water partition coefficient (Wildman–Crippen LogP) is 3.64. The smallest absolute Gasteiger partial charge is 0.233 e. The molecule has 2 aromatic rings. The Morgan fingerprint density at radius 2 is 1.96 bits per heavy atom. The van der Waals surface area contributed by atoms with Crippen LogP contribution in [0.2, 0.25) is 0 Å². The van der Waals surface area contributed by atoms with Crippen LogP contribution < -0.4 is 4.74 Å². The number of carbonyl (C=O) groups excluding carboxylic acids is 1. The molecule has 0 spiro atoms. The first-order valence-corrected chi connectivity index (χ1v) is 11.2. The summed E-state index contributed by atoms with van der Waals surface area (Å²) in [6, 6.07) is 8.67. The quantitative estimate of drug-likeness (QED) is 0.660. The number of benzene rings is 1. The van der Waals surface area contributed by atoms with Gasteiger partial charge in [0.25, 0.3) is 0 Å². The van der Waals surface area contributed by atoms with Crippen molar-refractivity contribution >= 4 is 17.7 Å². The molecule has 1 aliphatic heterocycles. The lowest BCUT2D eigenvalue weighted by molar-refractivity contribution is -0.129. The highest BCUT2D eigenvalue weighted by molar-refractivity contribution is 7.99. The number of tetrazole rings is 1. The van der Waals surface area contributed by atoms with Gasteiger partial charge in [0.1, 0.15) is 5.75 Å². The molecule has 1 saturated heterocycles. The van der Waals surface area contributed by atoms with Gasteiger partial charge in [0.15, 0.2) is 0 Å². The number of amides is 1. The molecule has 7 nitrogen and oxygen atoms in total. The molecule has 0 N–H and O–H groups in total. The highest BCUT2D eigenvalue weighted by Crippen LogP contribution is 2.34. The molecule has 2 heterocycles. The maximum atomic E-state index is 12.9. The van der Waals surface area contributed by atoms with Crippen molar-refractivity contribution in [1.29, 1.82) is 0 Å². The van der Waals surface area contributed by atoms with Gasteiger partial charge in [-0.25, -0.2) is 4.68 Å². The van der Waals surface area contributed by atoms with E-state index in [9.17, 15) is 4.79 Å². The fourth-order valence-electron chi connectivity index (χ4n) is 4.23. The van der Waals surface area contributed by atoms with Crippen LogP contribution in [0.25, 0.3) is 0 Å². The summed E-state index contributed by atoms with van der Waals surface area (Å²) in [4.78, 5) is 14.9. The van der Waals surface area contributed by atoms with Gasteiger partial charge in [-0.2, -0.15) is 0 Å². The summed E-state index contributed by atoms with van der Waals surface area (Å²) in [7, 11) is 0. The molecule has 4 rings (SSSR count). The van der Waals surface area contributed by atoms with Crippen molar-refractivity contribution < 1.29 is 9.53 Å². The largest absolute Gasteiger partial charge is 0.494 e. The Morgan fingerprint density at radius 1 is 1.18 bits per heavy atom. The number of hydrogen-bond acceptors (Lipinski definition) is 6. The standard InChI is InChI=1S/C20H27N5O2S/c1-2-27-17-11-9-15(10-12-17)18-8-5-13-24(18)19(26)14-28-20-21-22-23-25(20)16-6-3-4-7-16/h9-12,16,18H,2-8,13-14H2,1H3. The van der Waals surface area contributed by atoms with Crippen LogP contribution in [-0.2, 0) is 4.79 Å². The van der Waals surface area contributed by atoms with Crippen molar-refractivity contribution in [2.24, 2.45) is 0 Å². The molecule has 1 unspecified atom stereocenters. The molecule has 1 atom stereocenters. The third kappa shape index (κ3) is 4.16. The van der Waals surface area contributed by atoms with Gasteiger partial charge in [-0.3, -0.25) is 4.79 Å². The normalized spacial score (nSPS) is 20.0. The number of hydrogen-bond donors (Lipinski definition) is 0. The van der Waals surface area contributed by atoms with Gasteiger partial charge in [-0.15, -0.1) is 5.10 Å². The van der Waals surface area contributed by atoms with Crippen LogP contribution in [0.5, 0.6) is 5.75 Å². The SMILES string of the molecule is CCOc1ccc(C2CCCN2C(=O)CSc2nnnn2C2CCCC2)cc1. The molecular weight excluding hydrogens is 374 g/mol. The maximum Gasteiger partial charge on any atom is 0.233 e. The van der Waals surface area contributed by atoms with Gasteiger partial charge in [0, 0.05) is 6.54 Å². The number of carbonyl (C=O) groups is 1. The molecule has 1 aliphatic carbocycles. The van der Waals surface area contributed by atoms with E-state index in [4.69, 9.17) is 4.74 Å². The first-order valence-electron chi connectivity index (χ1n) is 10.2. The minimum Gasteiger partial charge on any atom is -0.494 e. The molecular formula is C20H27N5O2S. The minimum absolute atomic E-state index is 0.148. The molecule has 2 fully saturated rings. The van der Waals surface area contributed by atoms with Crippen LogP contribution in [0.15, 0.2) is 29.4 Å². The fraction of sp³-hybridized carbons (Fsp3) is 0.600. The van der Waals surface area contributed by atoms with Gasteiger partial charge in [0.2, 0.25) is 11.1 Å². The van der Waals surface area contributed by atoms with Crippen molar-refractivity contribution in [3.8, 4) is 5.75 Å². The summed E-state index contributed by atoms with van der Waals surface area (Å²) >= 11 is 1.46. The van der Waals surface area contributed by atoms with Crippen molar-refractivity contribution in [2.45, 2.75) is 62.7 Å². The monoisotopic (exact) mass is 401 g/mol. The molecule has 8 heteroatoms. The van der Waals surface area contributed by atoms with Gasteiger partial charge < -0.3 is 9.64 Å². The molecule has 1 saturated carbocycles. The number of aromatic nitrogens is 4. The van der Waals surface area contributed by atoms with Crippen LogP contribution in [0.3, 0.4) is 0 Å². The topological polar surface area (TPSA) is 73.1 Å². The van der Waals surface area contributed by atoms with Crippen LogP contribution >= 0.6 is 11.8 Å². The van der Waals surface area contributed by atoms with Crippen LogP contribution in [0.4, 0.5) is 0 Å². The van der Waals surface area contributed by atoms with Crippen molar-refractivity contribution in [2.75, 3.05) is 18.9 Å². The Morgan fingerprint density at radius 3 is 2.71 bits per heavy atom. The van der Waals surface area contributed by atoms with E-state index in [2.05, 4.69) is 27.7 Å². The number of nitrogens with zero attached hydrogens (tertiary/aromatic N) is 5. The Balaban J connectivity index is 1.38. The van der Waals surface area contributed by atoms with Gasteiger partial charge in [0.05, 0.1) is 24.4 Å². The summed E-state index contributed by atoms with van der Waals surface area (Å²) in [5, 5.41) is 12.9. The van der Waals surface area contributed by atoms with Gasteiger partial charge in [-0.1, -0.05) is 36.7 Å². The summed E-state index contributed by atoms with van der Waals surface area (Å²) in [5.41, 5.74) is 1.18. The number of rotatable bonds is 7. The lowest BCUT2D eigenvalue weighted by Crippen LogP contribution is -2.32. The number of ether oxygens (including phenoxy) is 1. The molecule has 1 aromatic carbocycles. The molecule has 28 heavy (non-hydrogen) atoms. The molecule has 1 amide bonds. The zero-order chi connectivity index (χ0) is 19.3. The summed E-state index contributed by atoms with van der Waals surface area (Å²) in [6.07, 6.45) is 6.74. The maximum absolute atomic E-state index is 12.9. The van der Waals surface area contributed by atoms with E-state index in [1.807, 2.05) is 28.6 Å². The Bertz CT molecular complexity index is 788. The zero-order valence-electron chi connectivity index (χ0n) is 16.3. The first kappa shape index (κ1) is 19.2. The Labute approximate surface area is 169 Å². The van der Waals surface area contributed by atoms with E-state index in [-0.39, 0.29) is 11.9 Å². The van der Waals surface area contributed by atoms with E-state index in [1.165, 1.54) is 30.2 Å². The zero-order valence-corrected chi connectivity index (χ0v) is 17.1. The van der Waals surface area contributed by atoms with Crippen LogP contribution in [0.1, 0.15) is 63.1 Å². The van der Waals surface area contributed by atoms with Crippen LogP contribution in [-0.4, -0.2) is 49.9 Å². The van der Waals surface area contributed by atoms with E-state index in [1.54, 1.807) is 0 Å². The Hall–Kier alpha value is -2.09. The lowest BCUT2D eigenvalue weighted by atomic mass is 10.0. The average molecular weight is 402 g/mol. The van der Waals surface area contributed by atoms with Crippen molar-refractivity contribution in [3.63, 3.8) is 0 Å². The third-order valence-electron chi connectivity index (χ3n) is 5.61. The van der Waals surface area contributed by atoms with E-state index in [0.29, 0.717) is 18.4 Å². The van der Waals surface area contributed by atoms with E-state index < -0.39 is 0 Å². The third-order valence-corrected chi connectivity index (χ3v) is 6.53. The first-order chi connectivity index (χ1) is 13.8. The number of likely N-dealkylation sites (tertiary alicyclic amines) is 1. The van der Waals surface area contributed by atoms with Crippen LogP contribution in [0, 0.1) is 0 Å². The molecule has 0 bridgehead atoms. The highest BCUT2D eigenvalue weighted by Gasteiger charge is 2.30. The second-order valence-electron chi connectivity index (χ2n) is 7.38. The van der Waals surface area contributed by atoms with Crippen molar-refractivity contribution in [1.82, 2.24) is 25.1 Å². The summed E-state index contributed by atoms with van der Waals surface area (Å²) in [5.74, 6) is 1.40. The Kier molecular flexibility index (Phi) is 6.14.